The van der Waals surface area contributed by atoms with Crippen LogP contribution in [0.3, 0.4) is 0 Å². The van der Waals surface area contributed by atoms with Gasteiger partial charge in [-0.1, -0.05) is 13.8 Å². The summed E-state index contributed by atoms with van der Waals surface area (Å²) in [5.74, 6) is 0. The Morgan fingerprint density at radius 1 is 1.30 bits per heavy atom. The molecular formula is C8H20N2. The molecule has 0 heterocycles. The van der Waals surface area contributed by atoms with Crippen molar-refractivity contribution >= 4 is 0 Å². The molecule has 0 aromatic rings. The first-order valence-electron chi connectivity index (χ1n) is 4.12. The largest absolute Gasteiger partial charge is 0.328 e. The maximum absolute atomic E-state index is 5.58. The molecule has 0 aliphatic rings. The zero-order valence-corrected chi connectivity index (χ0v) is 7.35. The Labute approximate surface area is 64.2 Å². The van der Waals surface area contributed by atoms with Crippen molar-refractivity contribution in [2.75, 3.05) is 6.54 Å². The van der Waals surface area contributed by atoms with E-state index in [9.17, 15) is 0 Å². The maximum atomic E-state index is 5.58. The van der Waals surface area contributed by atoms with E-state index in [0.29, 0.717) is 12.1 Å². The van der Waals surface area contributed by atoms with Crippen LogP contribution in [-0.2, 0) is 0 Å². The summed E-state index contributed by atoms with van der Waals surface area (Å²) in [5.41, 5.74) is 5.58. The van der Waals surface area contributed by atoms with Gasteiger partial charge in [-0.15, -0.1) is 0 Å². The van der Waals surface area contributed by atoms with Gasteiger partial charge < -0.3 is 11.1 Å². The van der Waals surface area contributed by atoms with E-state index in [1.54, 1.807) is 0 Å². The van der Waals surface area contributed by atoms with E-state index >= 15 is 0 Å². The summed E-state index contributed by atoms with van der Waals surface area (Å²) >= 11 is 0. The van der Waals surface area contributed by atoms with Crippen LogP contribution < -0.4 is 11.1 Å². The normalized spacial score (nSPS) is 14.1. The Kier molecular flexibility index (Phi) is 5.64. The van der Waals surface area contributed by atoms with Crippen LogP contribution in [0, 0.1) is 0 Å². The molecule has 0 saturated carbocycles. The van der Waals surface area contributed by atoms with Gasteiger partial charge in [-0.05, 0) is 26.3 Å². The second-order valence-corrected chi connectivity index (χ2v) is 3.23. The molecule has 0 aromatic carbocycles. The van der Waals surface area contributed by atoms with Crippen molar-refractivity contribution < 1.29 is 0 Å². The highest BCUT2D eigenvalue weighted by atomic mass is 14.9. The molecule has 0 aromatic heterocycles. The predicted molar refractivity (Wildman–Crippen MR) is 46.0 cm³/mol. The van der Waals surface area contributed by atoms with Gasteiger partial charge in [-0.3, -0.25) is 0 Å². The summed E-state index contributed by atoms with van der Waals surface area (Å²) in [6.07, 6.45) is 2.32. The molecule has 2 nitrogen and oxygen atoms in total. The van der Waals surface area contributed by atoms with Crippen molar-refractivity contribution in [3.63, 3.8) is 0 Å². The average molecular weight is 144 g/mol. The third-order valence-electron chi connectivity index (χ3n) is 1.39. The summed E-state index contributed by atoms with van der Waals surface area (Å²) in [4.78, 5) is 0. The fraction of sp³-hybridized carbons (Fsp3) is 1.00. The second kappa shape index (κ2) is 5.69. The van der Waals surface area contributed by atoms with Crippen LogP contribution in [0.2, 0.25) is 0 Å². The summed E-state index contributed by atoms with van der Waals surface area (Å²) in [6.45, 7) is 7.46. The quantitative estimate of drug-likeness (QED) is 0.567. The molecule has 0 amide bonds. The molecule has 3 N–H and O–H groups in total. The second-order valence-electron chi connectivity index (χ2n) is 3.23. The number of rotatable bonds is 5. The van der Waals surface area contributed by atoms with Gasteiger partial charge >= 0.3 is 0 Å². The SMILES string of the molecule is CC(N)CCCNC(C)C. The lowest BCUT2D eigenvalue weighted by molar-refractivity contribution is 0.533. The van der Waals surface area contributed by atoms with E-state index in [4.69, 9.17) is 5.73 Å². The smallest absolute Gasteiger partial charge is 0.00109 e. The van der Waals surface area contributed by atoms with E-state index in [1.807, 2.05) is 0 Å². The number of nitrogens with two attached hydrogens (primary N) is 1. The molecule has 0 bridgehead atoms. The molecule has 0 radical (unpaired) electrons. The third-order valence-corrected chi connectivity index (χ3v) is 1.39. The number of nitrogens with one attached hydrogen (secondary N) is 1. The molecule has 1 atom stereocenters. The highest BCUT2D eigenvalue weighted by Crippen LogP contribution is 1.91. The Morgan fingerprint density at radius 2 is 1.90 bits per heavy atom. The zero-order chi connectivity index (χ0) is 7.98. The molecule has 1 unspecified atom stereocenters. The summed E-state index contributed by atoms with van der Waals surface area (Å²) in [6, 6.07) is 0.960. The van der Waals surface area contributed by atoms with Crippen LogP contribution in [0.1, 0.15) is 33.6 Å². The predicted octanol–water partition coefficient (Wildman–Crippen LogP) is 1.11. The zero-order valence-electron chi connectivity index (χ0n) is 7.35. The highest BCUT2D eigenvalue weighted by Gasteiger charge is 1.94. The van der Waals surface area contributed by atoms with E-state index in [2.05, 4.69) is 26.1 Å². The van der Waals surface area contributed by atoms with Gasteiger partial charge in [0.15, 0.2) is 0 Å². The summed E-state index contributed by atoms with van der Waals surface area (Å²) < 4.78 is 0. The minimum Gasteiger partial charge on any atom is -0.328 e. The van der Waals surface area contributed by atoms with Crippen molar-refractivity contribution in [3.05, 3.63) is 0 Å². The van der Waals surface area contributed by atoms with E-state index < -0.39 is 0 Å². The molecule has 2 heteroatoms. The van der Waals surface area contributed by atoms with Gasteiger partial charge in [-0.25, -0.2) is 0 Å². The summed E-state index contributed by atoms with van der Waals surface area (Å²) in [7, 11) is 0. The van der Waals surface area contributed by atoms with Crippen molar-refractivity contribution in [1.29, 1.82) is 0 Å². The Balaban J connectivity index is 2.91. The number of hydrogen-bond acceptors (Lipinski definition) is 2. The first-order valence-corrected chi connectivity index (χ1v) is 4.12. The van der Waals surface area contributed by atoms with E-state index in [0.717, 1.165) is 13.0 Å². The van der Waals surface area contributed by atoms with Gasteiger partial charge in [0.2, 0.25) is 0 Å². The topological polar surface area (TPSA) is 38.0 Å². The molecule has 62 valence electrons. The van der Waals surface area contributed by atoms with Crippen molar-refractivity contribution in [1.82, 2.24) is 5.32 Å². The van der Waals surface area contributed by atoms with Crippen molar-refractivity contribution in [2.45, 2.75) is 45.7 Å². The first kappa shape index (κ1) is 9.92. The fourth-order valence-corrected chi connectivity index (χ4v) is 0.815. The van der Waals surface area contributed by atoms with Crippen LogP contribution in [0.4, 0.5) is 0 Å². The van der Waals surface area contributed by atoms with Gasteiger partial charge in [0.25, 0.3) is 0 Å². The molecule has 0 aliphatic heterocycles. The minimum absolute atomic E-state index is 0.356. The standard InChI is InChI=1S/C8H20N2/c1-7(2)10-6-4-5-8(3)9/h7-8,10H,4-6,9H2,1-3H3. The lowest BCUT2D eigenvalue weighted by Gasteiger charge is -2.08. The van der Waals surface area contributed by atoms with Crippen LogP contribution in [0.5, 0.6) is 0 Å². The van der Waals surface area contributed by atoms with Crippen LogP contribution >= 0.6 is 0 Å². The molecule has 0 saturated heterocycles. The lowest BCUT2D eigenvalue weighted by Crippen LogP contribution is -2.25. The fourth-order valence-electron chi connectivity index (χ4n) is 0.815. The average Bonchev–Trinajstić information content (AvgIpc) is 1.79. The summed E-state index contributed by atoms with van der Waals surface area (Å²) in [5, 5.41) is 3.35. The van der Waals surface area contributed by atoms with Gasteiger partial charge in [0.1, 0.15) is 0 Å². The lowest BCUT2D eigenvalue weighted by atomic mass is 10.2. The molecule has 0 fully saturated rings. The van der Waals surface area contributed by atoms with Crippen molar-refractivity contribution in [2.24, 2.45) is 5.73 Å². The van der Waals surface area contributed by atoms with Crippen LogP contribution in [0.25, 0.3) is 0 Å². The molecule has 0 aliphatic carbocycles. The molecular weight excluding hydrogens is 124 g/mol. The van der Waals surface area contributed by atoms with E-state index in [1.165, 1.54) is 6.42 Å². The number of hydrogen-bond donors (Lipinski definition) is 2. The van der Waals surface area contributed by atoms with Crippen LogP contribution in [0.15, 0.2) is 0 Å². The van der Waals surface area contributed by atoms with Crippen LogP contribution in [-0.4, -0.2) is 18.6 Å². The Hall–Kier alpha value is -0.0800. The molecule has 10 heavy (non-hydrogen) atoms. The van der Waals surface area contributed by atoms with Crippen molar-refractivity contribution in [3.8, 4) is 0 Å². The molecule has 0 spiro atoms. The Bertz CT molecular complexity index is 59.7. The van der Waals surface area contributed by atoms with Gasteiger partial charge in [0, 0.05) is 12.1 Å². The van der Waals surface area contributed by atoms with E-state index in [-0.39, 0.29) is 0 Å². The van der Waals surface area contributed by atoms with Gasteiger partial charge in [0.05, 0.1) is 0 Å². The molecule has 0 rings (SSSR count). The Morgan fingerprint density at radius 3 is 2.30 bits per heavy atom. The minimum atomic E-state index is 0.356. The maximum Gasteiger partial charge on any atom is 0.00109 e. The first-order chi connectivity index (χ1) is 4.63. The highest BCUT2D eigenvalue weighted by molar-refractivity contribution is 4.57. The van der Waals surface area contributed by atoms with Gasteiger partial charge in [-0.2, -0.15) is 0 Å². The third kappa shape index (κ3) is 7.92. The monoisotopic (exact) mass is 144 g/mol.